The lowest BCUT2D eigenvalue weighted by atomic mass is 9.97. The van der Waals surface area contributed by atoms with Gasteiger partial charge in [-0.3, -0.25) is 4.79 Å². The Morgan fingerprint density at radius 1 is 1.29 bits per heavy atom. The van der Waals surface area contributed by atoms with E-state index in [0.29, 0.717) is 23.4 Å². The molecule has 8 heteroatoms. The van der Waals surface area contributed by atoms with Crippen molar-refractivity contribution in [3.63, 3.8) is 0 Å². The number of fused-ring (bicyclic) bond motifs is 1. The van der Waals surface area contributed by atoms with Crippen LogP contribution in [0.5, 0.6) is 5.88 Å². The van der Waals surface area contributed by atoms with Crippen molar-refractivity contribution in [2.75, 3.05) is 26.0 Å². The molecular weight excluding hydrogens is 428 g/mol. The summed E-state index contributed by atoms with van der Waals surface area (Å²) in [6, 6.07) is 5.45. The Morgan fingerprint density at radius 2 is 2.06 bits per heavy atom. The highest BCUT2D eigenvalue weighted by molar-refractivity contribution is 5.97. The van der Waals surface area contributed by atoms with Gasteiger partial charge in [0.1, 0.15) is 11.4 Å². The number of nitrogens with zero attached hydrogens (tertiary/aromatic N) is 4. The molecule has 0 fully saturated rings. The average Bonchev–Trinajstić information content (AvgIpc) is 3.30. The number of allylic oxidation sites excluding steroid dienone is 4. The van der Waals surface area contributed by atoms with E-state index in [1.807, 2.05) is 38.1 Å². The second-order valence-corrected chi connectivity index (χ2v) is 7.23. The van der Waals surface area contributed by atoms with Crippen molar-refractivity contribution >= 4 is 17.4 Å². The third-order valence-corrected chi connectivity index (χ3v) is 5.14. The summed E-state index contributed by atoms with van der Waals surface area (Å²) in [5.41, 5.74) is 3.52. The van der Waals surface area contributed by atoms with Crippen molar-refractivity contribution in [1.29, 1.82) is 0 Å². The molecule has 34 heavy (non-hydrogen) atoms. The number of amides is 1. The number of carbonyl (C=O) groups excluding carboxylic acids is 1. The van der Waals surface area contributed by atoms with E-state index < -0.39 is 0 Å². The summed E-state index contributed by atoms with van der Waals surface area (Å²) in [6.45, 7) is 14.1. The summed E-state index contributed by atoms with van der Waals surface area (Å²) in [6.07, 6.45) is 9.68. The van der Waals surface area contributed by atoms with E-state index in [4.69, 9.17) is 4.74 Å². The zero-order valence-electron chi connectivity index (χ0n) is 20.6. The Labute approximate surface area is 201 Å². The number of nitrogens with one attached hydrogen (secondary N) is 2. The van der Waals surface area contributed by atoms with Crippen LogP contribution in [0.15, 0.2) is 67.6 Å². The van der Waals surface area contributed by atoms with E-state index in [1.165, 1.54) is 7.11 Å². The minimum absolute atomic E-state index is 0.241. The molecule has 0 radical (unpaired) electrons. The smallest absolute Gasteiger partial charge is 0.256 e. The van der Waals surface area contributed by atoms with Crippen LogP contribution in [0.25, 0.3) is 16.9 Å². The molecule has 1 amide bonds. The van der Waals surface area contributed by atoms with Crippen molar-refractivity contribution in [2.45, 2.75) is 27.2 Å². The predicted octanol–water partition coefficient (Wildman–Crippen LogP) is 4.92. The number of pyridine rings is 1. The van der Waals surface area contributed by atoms with Crippen LogP contribution in [0.2, 0.25) is 0 Å². The Morgan fingerprint density at radius 3 is 2.71 bits per heavy atom. The van der Waals surface area contributed by atoms with Crippen molar-refractivity contribution in [3.8, 4) is 17.1 Å². The first-order chi connectivity index (χ1) is 16.5. The third kappa shape index (κ3) is 6.31. The van der Waals surface area contributed by atoms with Crippen LogP contribution < -0.4 is 15.4 Å². The molecule has 0 spiro atoms. The lowest BCUT2D eigenvalue weighted by molar-refractivity contribution is 0.0948. The topological polar surface area (TPSA) is 93.4 Å². The molecule has 1 unspecified atom stereocenters. The predicted molar refractivity (Wildman–Crippen MR) is 138 cm³/mol. The van der Waals surface area contributed by atoms with Gasteiger partial charge in [-0.15, -0.1) is 0 Å². The zero-order valence-corrected chi connectivity index (χ0v) is 20.6. The van der Waals surface area contributed by atoms with E-state index in [2.05, 4.69) is 45.8 Å². The van der Waals surface area contributed by atoms with E-state index in [0.717, 1.165) is 23.5 Å². The first-order valence-corrected chi connectivity index (χ1v) is 11.3. The van der Waals surface area contributed by atoms with Gasteiger partial charge in [0.15, 0.2) is 5.65 Å². The maximum atomic E-state index is 12.9. The molecule has 0 aliphatic carbocycles. The highest BCUT2D eigenvalue weighted by Crippen LogP contribution is 2.24. The standard InChI is InChI=1S/C24H28N6O2.C2H6/c1-6-8-17(7-2)16(3)11-12-26-23(31)19-13-18(14-27-24(19)32-5)20-9-10-22-28-21(25-4)15-30(22)29-20;1-2/h6-10,13-16,25H,1-2,11-12H2,3-5H3,(H,26,31);1-2H3/b17-8+;. The van der Waals surface area contributed by atoms with E-state index in [9.17, 15) is 4.79 Å². The molecule has 3 heterocycles. The molecule has 0 aliphatic heterocycles. The summed E-state index contributed by atoms with van der Waals surface area (Å²) in [7, 11) is 3.29. The molecule has 0 aliphatic rings. The second kappa shape index (κ2) is 12.9. The molecule has 3 rings (SSSR count). The summed E-state index contributed by atoms with van der Waals surface area (Å²) < 4.78 is 6.99. The van der Waals surface area contributed by atoms with Crippen molar-refractivity contribution in [1.82, 2.24) is 24.9 Å². The number of methoxy groups -OCH3 is 1. The van der Waals surface area contributed by atoms with Crippen LogP contribution >= 0.6 is 0 Å². The number of aromatic nitrogens is 4. The molecule has 180 valence electrons. The Kier molecular flexibility index (Phi) is 10.0. The molecule has 0 saturated carbocycles. The molecule has 0 bridgehead atoms. The second-order valence-electron chi connectivity index (χ2n) is 7.23. The van der Waals surface area contributed by atoms with Gasteiger partial charge < -0.3 is 15.4 Å². The van der Waals surface area contributed by atoms with Crippen LogP contribution in [0.3, 0.4) is 0 Å². The van der Waals surface area contributed by atoms with Gasteiger partial charge >= 0.3 is 0 Å². The SMILES string of the molecule is C=C/C=C(\C=C)C(C)CCNC(=O)c1cc(-c2ccc3nc(NC)cn3n2)cnc1OC.CC. The lowest BCUT2D eigenvalue weighted by Crippen LogP contribution is -2.26. The van der Waals surface area contributed by atoms with E-state index >= 15 is 0 Å². The quantitative estimate of drug-likeness (QED) is 0.415. The molecule has 2 N–H and O–H groups in total. The normalized spacial score (nSPS) is 11.7. The third-order valence-electron chi connectivity index (χ3n) is 5.14. The highest BCUT2D eigenvalue weighted by atomic mass is 16.5. The fraction of sp³-hybridized carbons (Fsp3) is 0.308. The van der Waals surface area contributed by atoms with Crippen LogP contribution in [0.4, 0.5) is 5.82 Å². The molecule has 0 saturated heterocycles. The lowest BCUT2D eigenvalue weighted by Gasteiger charge is -2.14. The van der Waals surface area contributed by atoms with E-state index in [-0.39, 0.29) is 17.7 Å². The number of imidazole rings is 1. The molecule has 1 atom stereocenters. The average molecular weight is 463 g/mol. The van der Waals surface area contributed by atoms with Crippen LogP contribution in [-0.4, -0.2) is 46.2 Å². The van der Waals surface area contributed by atoms with Gasteiger partial charge in [-0.05, 0) is 36.1 Å². The van der Waals surface area contributed by atoms with Gasteiger partial charge in [0.2, 0.25) is 5.88 Å². The van der Waals surface area contributed by atoms with Gasteiger partial charge in [0, 0.05) is 25.4 Å². The van der Waals surface area contributed by atoms with Crippen LogP contribution in [-0.2, 0) is 0 Å². The van der Waals surface area contributed by atoms with Gasteiger partial charge in [0.25, 0.3) is 5.91 Å². The molecule has 3 aromatic heterocycles. The minimum Gasteiger partial charge on any atom is -0.480 e. The largest absolute Gasteiger partial charge is 0.480 e. The van der Waals surface area contributed by atoms with Gasteiger partial charge in [0.05, 0.1) is 19.0 Å². The van der Waals surface area contributed by atoms with Crippen molar-refractivity contribution < 1.29 is 9.53 Å². The van der Waals surface area contributed by atoms with Gasteiger partial charge in [-0.1, -0.05) is 52.2 Å². The minimum atomic E-state index is -0.252. The Bertz CT molecular complexity index is 1170. The molecule has 0 aromatic carbocycles. The molecular formula is C26H34N6O2. The number of hydrogen-bond acceptors (Lipinski definition) is 6. The Hall–Kier alpha value is -3.94. The first kappa shape index (κ1) is 26.3. The highest BCUT2D eigenvalue weighted by Gasteiger charge is 2.17. The zero-order chi connectivity index (χ0) is 25.1. The summed E-state index contributed by atoms with van der Waals surface area (Å²) in [5.74, 6) is 0.973. The van der Waals surface area contributed by atoms with Gasteiger partial charge in [-0.25, -0.2) is 14.5 Å². The fourth-order valence-corrected chi connectivity index (χ4v) is 3.31. The maximum absolute atomic E-state index is 12.9. The monoisotopic (exact) mass is 462 g/mol. The van der Waals surface area contributed by atoms with Crippen molar-refractivity contribution in [2.24, 2.45) is 5.92 Å². The fourth-order valence-electron chi connectivity index (χ4n) is 3.31. The van der Waals surface area contributed by atoms with E-state index in [1.54, 1.807) is 36.1 Å². The number of hydrogen-bond donors (Lipinski definition) is 2. The Balaban J connectivity index is 0.00000199. The first-order valence-electron chi connectivity index (χ1n) is 11.3. The number of anilines is 1. The maximum Gasteiger partial charge on any atom is 0.256 e. The molecule has 8 nitrogen and oxygen atoms in total. The van der Waals surface area contributed by atoms with Gasteiger partial charge in [-0.2, -0.15) is 5.10 Å². The number of rotatable bonds is 10. The summed E-state index contributed by atoms with van der Waals surface area (Å²) >= 11 is 0. The number of ether oxygens (including phenoxy) is 1. The molecule has 3 aromatic rings. The summed E-state index contributed by atoms with van der Waals surface area (Å²) in [5, 5.41) is 10.5. The van der Waals surface area contributed by atoms with Crippen LogP contribution in [0, 0.1) is 5.92 Å². The van der Waals surface area contributed by atoms with Crippen LogP contribution in [0.1, 0.15) is 37.6 Å². The van der Waals surface area contributed by atoms with Crippen molar-refractivity contribution in [3.05, 3.63) is 73.1 Å². The summed E-state index contributed by atoms with van der Waals surface area (Å²) in [4.78, 5) is 21.6. The number of carbonyl (C=O) groups is 1.